The second-order valence-electron chi connectivity index (χ2n) is 6.92. The largest absolute Gasteiger partial charge is 0.392 e. The van der Waals surface area contributed by atoms with Gasteiger partial charge in [0.15, 0.2) is 0 Å². The van der Waals surface area contributed by atoms with Gasteiger partial charge in [-0.3, -0.25) is 4.90 Å². The molecule has 0 aliphatic carbocycles. The second kappa shape index (κ2) is 7.44. The van der Waals surface area contributed by atoms with Gasteiger partial charge in [0.05, 0.1) is 6.10 Å². The molecule has 1 N–H and O–H groups in total. The molecule has 0 saturated carbocycles. The molecule has 4 nitrogen and oxygen atoms in total. The first-order valence-corrected chi connectivity index (χ1v) is 9.28. The highest BCUT2D eigenvalue weighted by molar-refractivity contribution is 5.70. The molecule has 1 aliphatic heterocycles. The molecule has 0 amide bonds. The van der Waals surface area contributed by atoms with Crippen LogP contribution in [0.25, 0.3) is 22.4 Å². The number of aliphatic hydroxyl groups excluding tert-OH is 1. The van der Waals surface area contributed by atoms with Gasteiger partial charge in [-0.25, -0.2) is 0 Å². The van der Waals surface area contributed by atoms with Crippen LogP contribution in [0.15, 0.2) is 59.1 Å². The number of nitrogens with zero attached hydrogens (tertiary/aromatic N) is 2. The van der Waals surface area contributed by atoms with Crippen LogP contribution in [0.4, 0.5) is 0 Å². The van der Waals surface area contributed by atoms with E-state index in [1.165, 1.54) is 11.1 Å². The summed E-state index contributed by atoms with van der Waals surface area (Å²) in [6, 6.07) is 18.8. The van der Waals surface area contributed by atoms with Gasteiger partial charge < -0.3 is 9.63 Å². The summed E-state index contributed by atoms with van der Waals surface area (Å²) < 4.78 is 5.60. The van der Waals surface area contributed by atoms with Gasteiger partial charge in [-0.05, 0) is 17.5 Å². The molecule has 2 aromatic carbocycles. The Labute approximate surface area is 154 Å². The lowest BCUT2D eigenvalue weighted by molar-refractivity contribution is 0.100. The van der Waals surface area contributed by atoms with Crippen molar-refractivity contribution in [1.82, 2.24) is 10.1 Å². The molecule has 0 bridgehead atoms. The normalized spacial score (nSPS) is 15.6. The topological polar surface area (TPSA) is 49.5 Å². The van der Waals surface area contributed by atoms with E-state index in [4.69, 9.17) is 4.52 Å². The van der Waals surface area contributed by atoms with E-state index in [9.17, 15) is 5.11 Å². The summed E-state index contributed by atoms with van der Waals surface area (Å²) in [6.07, 6.45) is 1.35. The van der Waals surface area contributed by atoms with Crippen molar-refractivity contribution in [2.45, 2.75) is 32.4 Å². The summed E-state index contributed by atoms with van der Waals surface area (Å²) in [7, 11) is 0. The number of hydrogen-bond acceptors (Lipinski definition) is 4. The van der Waals surface area contributed by atoms with E-state index in [0.717, 1.165) is 48.5 Å². The molecule has 0 radical (unpaired) electrons. The van der Waals surface area contributed by atoms with E-state index < -0.39 is 0 Å². The van der Waals surface area contributed by atoms with E-state index in [1.54, 1.807) is 0 Å². The van der Waals surface area contributed by atoms with Crippen molar-refractivity contribution in [3.05, 3.63) is 65.9 Å². The maximum Gasteiger partial charge on any atom is 0.143 e. The van der Waals surface area contributed by atoms with Gasteiger partial charge in [-0.15, -0.1) is 0 Å². The molecule has 1 atom stereocenters. The van der Waals surface area contributed by atoms with E-state index in [2.05, 4.69) is 58.6 Å². The first-order valence-electron chi connectivity index (χ1n) is 9.28. The zero-order valence-electron chi connectivity index (χ0n) is 15.1. The summed E-state index contributed by atoms with van der Waals surface area (Å²) in [4.78, 5) is 2.29. The van der Waals surface area contributed by atoms with Gasteiger partial charge in [0.2, 0.25) is 0 Å². The Kier molecular flexibility index (Phi) is 4.87. The first kappa shape index (κ1) is 17.0. The van der Waals surface area contributed by atoms with Crippen LogP contribution in [0.1, 0.15) is 24.7 Å². The zero-order chi connectivity index (χ0) is 17.9. The lowest BCUT2D eigenvalue weighted by Gasteiger charge is -2.27. The number of rotatable bonds is 5. The smallest absolute Gasteiger partial charge is 0.143 e. The predicted octanol–water partition coefficient (Wildman–Crippen LogP) is 4.14. The van der Waals surface area contributed by atoms with E-state index in [-0.39, 0.29) is 6.10 Å². The van der Waals surface area contributed by atoms with Crippen LogP contribution in [0, 0.1) is 0 Å². The van der Waals surface area contributed by atoms with Crippen molar-refractivity contribution < 1.29 is 9.63 Å². The molecule has 3 aromatic rings. The average Bonchev–Trinajstić information content (AvgIpc) is 3.12. The Morgan fingerprint density at radius 1 is 1.04 bits per heavy atom. The number of fused-ring (bicyclic) bond motifs is 1. The highest BCUT2D eigenvalue weighted by Gasteiger charge is 2.25. The third-order valence-electron chi connectivity index (χ3n) is 5.11. The third-order valence-corrected chi connectivity index (χ3v) is 5.11. The number of hydrogen-bond donors (Lipinski definition) is 1. The van der Waals surface area contributed by atoms with Crippen molar-refractivity contribution in [3.63, 3.8) is 0 Å². The van der Waals surface area contributed by atoms with E-state index in [0.29, 0.717) is 6.54 Å². The van der Waals surface area contributed by atoms with Crippen molar-refractivity contribution in [2.75, 3.05) is 13.1 Å². The molecule has 4 rings (SSSR count). The average molecular weight is 348 g/mol. The minimum Gasteiger partial charge on any atom is -0.392 e. The van der Waals surface area contributed by atoms with Gasteiger partial charge in [0.1, 0.15) is 11.5 Å². The Morgan fingerprint density at radius 3 is 2.46 bits per heavy atom. The lowest BCUT2D eigenvalue weighted by atomic mass is 9.98. The standard InChI is InChI=1S/C22H24N2O2/c1-2-19(25)14-24-13-12-21-20(15-24)22(23-26-21)18-10-8-17(9-11-18)16-6-4-3-5-7-16/h3-11,19,25H,2,12-15H2,1H3/t19-/m0/s1. The molecule has 26 heavy (non-hydrogen) atoms. The number of aliphatic hydroxyl groups is 1. The summed E-state index contributed by atoms with van der Waals surface area (Å²) in [6.45, 7) is 4.41. The van der Waals surface area contributed by atoms with Crippen LogP contribution >= 0.6 is 0 Å². The fourth-order valence-corrected chi connectivity index (χ4v) is 3.53. The first-order chi connectivity index (χ1) is 12.7. The maximum absolute atomic E-state index is 9.95. The number of benzene rings is 2. The van der Waals surface area contributed by atoms with Crippen molar-refractivity contribution in [3.8, 4) is 22.4 Å². The van der Waals surface area contributed by atoms with Gasteiger partial charge in [-0.2, -0.15) is 0 Å². The third kappa shape index (κ3) is 3.43. The monoisotopic (exact) mass is 348 g/mol. The molecule has 1 aliphatic rings. The van der Waals surface area contributed by atoms with Crippen LogP contribution in [-0.4, -0.2) is 34.4 Å². The van der Waals surface area contributed by atoms with Gasteiger partial charge in [0, 0.05) is 37.2 Å². The highest BCUT2D eigenvalue weighted by atomic mass is 16.5. The minimum atomic E-state index is -0.273. The van der Waals surface area contributed by atoms with Gasteiger partial charge in [-0.1, -0.05) is 66.7 Å². The molecule has 0 unspecified atom stereocenters. The molecular formula is C22H24N2O2. The molecule has 4 heteroatoms. The predicted molar refractivity (Wildman–Crippen MR) is 103 cm³/mol. The number of aromatic nitrogens is 1. The van der Waals surface area contributed by atoms with Crippen LogP contribution in [0.3, 0.4) is 0 Å². The van der Waals surface area contributed by atoms with Crippen molar-refractivity contribution >= 4 is 0 Å². The molecular weight excluding hydrogens is 324 g/mol. The Morgan fingerprint density at radius 2 is 1.73 bits per heavy atom. The summed E-state index contributed by atoms with van der Waals surface area (Å²) in [5.41, 5.74) is 5.57. The van der Waals surface area contributed by atoms with Crippen LogP contribution in [0.2, 0.25) is 0 Å². The second-order valence-corrected chi connectivity index (χ2v) is 6.92. The SMILES string of the molecule is CC[C@H](O)CN1CCc2onc(-c3ccc(-c4ccccc4)cc3)c2C1. The molecule has 134 valence electrons. The van der Waals surface area contributed by atoms with Crippen molar-refractivity contribution in [1.29, 1.82) is 0 Å². The van der Waals surface area contributed by atoms with Crippen LogP contribution < -0.4 is 0 Å². The Bertz CT molecular complexity index is 856. The molecule has 0 spiro atoms. The summed E-state index contributed by atoms with van der Waals surface area (Å²) >= 11 is 0. The summed E-state index contributed by atoms with van der Waals surface area (Å²) in [5, 5.41) is 14.3. The van der Waals surface area contributed by atoms with E-state index >= 15 is 0 Å². The Balaban J connectivity index is 1.57. The Hall–Kier alpha value is -2.43. The van der Waals surface area contributed by atoms with Gasteiger partial charge >= 0.3 is 0 Å². The van der Waals surface area contributed by atoms with Crippen molar-refractivity contribution in [2.24, 2.45) is 0 Å². The zero-order valence-corrected chi connectivity index (χ0v) is 15.1. The fraction of sp³-hybridized carbons (Fsp3) is 0.318. The summed E-state index contributed by atoms with van der Waals surface area (Å²) in [5.74, 6) is 0.981. The van der Waals surface area contributed by atoms with E-state index in [1.807, 2.05) is 13.0 Å². The molecule has 1 aromatic heterocycles. The highest BCUT2D eigenvalue weighted by Crippen LogP contribution is 2.31. The van der Waals surface area contributed by atoms with Gasteiger partial charge in [0.25, 0.3) is 0 Å². The maximum atomic E-state index is 9.95. The lowest BCUT2D eigenvalue weighted by Crippen LogP contribution is -2.36. The minimum absolute atomic E-state index is 0.273. The number of β-amino-alcohol motifs (C(OH)–C–C–N with tert-alkyl or cyclic N) is 1. The van der Waals surface area contributed by atoms with Crippen LogP contribution in [-0.2, 0) is 13.0 Å². The van der Waals surface area contributed by atoms with Crippen LogP contribution in [0.5, 0.6) is 0 Å². The molecule has 0 fully saturated rings. The quantitative estimate of drug-likeness (QED) is 0.753. The molecule has 2 heterocycles. The fourth-order valence-electron chi connectivity index (χ4n) is 3.53. The molecule has 0 saturated heterocycles.